The van der Waals surface area contributed by atoms with Gasteiger partial charge in [-0.25, -0.2) is 8.78 Å². The normalized spacial score (nSPS) is 10.3. The summed E-state index contributed by atoms with van der Waals surface area (Å²) in [6, 6.07) is 10.4. The summed E-state index contributed by atoms with van der Waals surface area (Å²) < 4.78 is 26.5. The molecule has 15 heavy (non-hydrogen) atoms. The average Bonchev–Trinajstić information content (AvgIpc) is 2.22. The predicted molar refractivity (Wildman–Crippen MR) is 56.2 cm³/mol. The molecule has 76 valence electrons. The Bertz CT molecular complexity index is 495. The molecule has 0 atom stereocenters. The molecular weight excluding hydrogens is 196 g/mol. The van der Waals surface area contributed by atoms with Crippen molar-refractivity contribution in [2.45, 2.75) is 0 Å². The third kappa shape index (κ3) is 1.81. The van der Waals surface area contributed by atoms with Crippen molar-refractivity contribution in [1.29, 1.82) is 0 Å². The minimum Gasteiger partial charge on any atom is -0.396 e. The zero-order valence-electron chi connectivity index (χ0n) is 7.87. The molecule has 0 spiro atoms. The second kappa shape index (κ2) is 3.69. The van der Waals surface area contributed by atoms with E-state index in [-0.39, 0.29) is 5.69 Å². The van der Waals surface area contributed by atoms with Gasteiger partial charge in [0.05, 0.1) is 5.69 Å². The first-order valence-corrected chi connectivity index (χ1v) is 4.48. The summed E-state index contributed by atoms with van der Waals surface area (Å²) in [5, 5.41) is 0. The second-order valence-corrected chi connectivity index (χ2v) is 3.22. The lowest BCUT2D eigenvalue weighted by atomic mass is 10.0. The number of nitrogen functional groups attached to an aromatic ring is 1. The van der Waals surface area contributed by atoms with Crippen LogP contribution in [0.25, 0.3) is 11.1 Å². The molecule has 0 saturated heterocycles. The van der Waals surface area contributed by atoms with Crippen LogP contribution in [-0.4, -0.2) is 0 Å². The van der Waals surface area contributed by atoms with Crippen molar-refractivity contribution < 1.29 is 8.78 Å². The zero-order chi connectivity index (χ0) is 10.8. The van der Waals surface area contributed by atoms with E-state index in [0.717, 1.165) is 0 Å². The molecule has 2 N–H and O–H groups in total. The standard InChI is InChI=1S/C12H9F2N/c13-9-4-1-3-8(7-9)10-5-2-6-11(15)12(10)14/h1-7H,15H2. The van der Waals surface area contributed by atoms with E-state index in [1.54, 1.807) is 18.2 Å². The Morgan fingerprint density at radius 2 is 1.67 bits per heavy atom. The van der Waals surface area contributed by atoms with Crippen LogP contribution in [-0.2, 0) is 0 Å². The van der Waals surface area contributed by atoms with E-state index in [1.807, 2.05) is 0 Å². The molecule has 1 nitrogen and oxygen atoms in total. The van der Waals surface area contributed by atoms with E-state index < -0.39 is 11.6 Å². The smallest absolute Gasteiger partial charge is 0.153 e. The lowest BCUT2D eigenvalue weighted by Gasteiger charge is -2.05. The summed E-state index contributed by atoms with van der Waals surface area (Å²) in [6.07, 6.45) is 0. The van der Waals surface area contributed by atoms with E-state index >= 15 is 0 Å². The lowest BCUT2D eigenvalue weighted by molar-refractivity contribution is 0.626. The highest BCUT2D eigenvalue weighted by atomic mass is 19.1. The minimum absolute atomic E-state index is 0.0664. The van der Waals surface area contributed by atoms with Crippen molar-refractivity contribution in [2.75, 3.05) is 5.73 Å². The number of rotatable bonds is 1. The average molecular weight is 205 g/mol. The first-order valence-electron chi connectivity index (χ1n) is 4.48. The molecule has 0 unspecified atom stereocenters. The summed E-state index contributed by atoms with van der Waals surface area (Å²) in [5.41, 5.74) is 6.29. The molecule has 2 aromatic carbocycles. The van der Waals surface area contributed by atoms with Gasteiger partial charge in [0.15, 0.2) is 5.82 Å². The quantitative estimate of drug-likeness (QED) is 0.711. The van der Waals surface area contributed by atoms with Crippen LogP contribution in [0.5, 0.6) is 0 Å². The topological polar surface area (TPSA) is 26.0 Å². The van der Waals surface area contributed by atoms with Crippen LogP contribution in [0.4, 0.5) is 14.5 Å². The number of nitrogens with two attached hydrogens (primary N) is 1. The van der Waals surface area contributed by atoms with Crippen LogP contribution in [0.2, 0.25) is 0 Å². The third-order valence-electron chi connectivity index (χ3n) is 2.16. The molecule has 0 aliphatic carbocycles. The molecule has 0 aliphatic rings. The largest absolute Gasteiger partial charge is 0.396 e. The van der Waals surface area contributed by atoms with Crippen molar-refractivity contribution in [3.8, 4) is 11.1 Å². The number of hydrogen-bond acceptors (Lipinski definition) is 1. The van der Waals surface area contributed by atoms with Gasteiger partial charge in [-0.05, 0) is 23.8 Å². The lowest BCUT2D eigenvalue weighted by Crippen LogP contribution is -1.93. The predicted octanol–water partition coefficient (Wildman–Crippen LogP) is 3.21. The van der Waals surface area contributed by atoms with E-state index in [2.05, 4.69) is 0 Å². The molecule has 2 rings (SSSR count). The molecule has 0 heterocycles. The molecular formula is C12H9F2N. The van der Waals surface area contributed by atoms with Crippen molar-refractivity contribution in [2.24, 2.45) is 0 Å². The number of hydrogen-bond donors (Lipinski definition) is 1. The van der Waals surface area contributed by atoms with Crippen molar-refractivity contribution >= 4 is 5.69 Å². The van der Waals surface area contributed by atoms with Crippen molar-refractivity contribution in [1.82, 2.24) is 0 Å². The summed E-state index contributed by atoms with van der Waals surface area (Å²) >= 11 is 0. The molecule has 0 radical (unpaired) electrons. The fraction of sp³-hybridized carbons (Fsp3) is 0. The maximum Gasteiger partial charge on any atom is 0.153 e. The zero-order valence-corrected chi connectivity index (χ0v) is 7.87. The number of anilines is 1. The summed E-state index contributed by atoms with van der Waals surface area (Å²) in [7, 11) is 0. The molecule has 2 aromatic rings. The van der Waals surface area contributed by atoms with Gasteiger partial charge in [-0.2, -0.15) is 0 Å². The Labute approximate surface area is 86.2 Å². The van der Waals surface area contributed by atoms with Crippen LogP contribution in [0.3, 0.4) is 0 Å². The highest BCUT2D eigenvalue weighted by molar-refractivity contribution is 5.68. The summed E-state index contributed by atoms with van der Waals surface area (Å²) in [6.45, 7) is 0. The number of halogens is 2. The van der Waals surface area contributed by atoms with E-state index in [4.69, 9.17) is 5.73 Å². The molecule has 0 amide bonds. The van der Waals surface area contributed by atoms with Gasteiger partial charge in [-0.15, -0.1) is 0 Å². The van der Waals surface area contributed by atoms with Gasteiger partial charge in [0.2, 0.25) is 0 Å². The Hall–Kier alpha value is -1.90. The molecule has 0 saturated carbocycles. The maximum atomic E-state index is 13.6. The van der Waals surface area contributed by atoms with Gasteiger partial charge in [-0.1, -0.05) is 24.3 Å². The van der Waals surface area contributed by atoms with Crippen LogP contribution in [0.1, 0.15) is 0 Å². The van der Waals surface area contributed by atoms with Crippen LogP contribution in [0, 0.1) is 11.6 Å². The van der Waals surface area contributed by atoms with Crippen molar-refractivity contribution in [3.63, 3.8) is 0 Å². The summed E-state index contributed by atoms with van der Waals surface area (Å²) in [5.74, 6) is -0.905. The van der Waals surface area contributed by atoms with Gasteiger partial charge in [0, 0.05) is 5.56 Å². The van der Waals surface area contributed by atoms with Crippen LogP contribution >= 0.6 is 0 Å². The van der Waals surface area contributed by atoms with Gasteiger partial charge >= 0.3 is 0 Å². The van der Waals surface area contributed by atoms with Crippen molar-refractivity contribution in [3.05, 3.63) is 54.1 Å². The first-order chi connectivity index (χ1) is 7.18. The Morgan fingerprint density at radius 1 is 0.933 bits per heavy atom. The van der Waals surface area contributed by atoms with Gasteiger partial charge in [0.1, 0.15) is 5.82 Å². The first kappa shape index (κ1) is 9.65. The molecule has 0 aliphatic heterocycles. The minimum atomic E-state index is -0.511. The fourth-order valence-corrected chi connectivity index (χ4v) is 1.43. The highest BCUT2D eigenvalue weighted by Gasteiger charge is 2.07. The van der Waals surface area contributed by atoms with E-state index in [0.29, 0.717) is 11.1 Å². The van der Waals surface area contributed by atoms with Gasteiger partial charge < -0.3 is 5.73 Å². The SMILES string of the molecule is Nc1cccc(-c2cccc(F)c2)c1F. The van der Waals surface area contributed by atoms with E-state index in [9.17, 15) is 8.78 Å². The monoisotopic (exact) mass is 205 g/mol. The Morgan fingerprint density at radius 3 is 2.40 bits per heavy atom. The van der Waals surface area contributed by atoms with Crippen LogP contribution < -0.4 is 5.73 Å². The van der Waals surface area contributed by atoms with E-state index in [1.165, 1.54) is 24.3 Å². The van der Waals surface area contributed by atoms with Gasteiger partial charge in [-0.3, -0.25) is 0 Å². The third-order valence-corrected chi connectivity index (χ3v) is 2.16. The van der Waals surface area contributed by atoms with Gasteiger partial charge in [0.25, 0.3) is 0 Å². The maximum absolute atomic E-state index is 13.6. The Balaban J connectivity index is 2.59. The molecule has 0 bridgehead atoms. The van der Waals surface area contributed by atoms with Crippen LogP contribution in [0.15, 0.2) is 42.5 Å². The second-order valence-electron chi connectivity index (χ2n) is 3.22. The molecule has 3 heteroatoms. The Kier molecular flexibility index (Phi) is 2.37. The molecule has 0 fully saturated rings. The highest BCUT2D eigenvalue weighted by Crippen LogP contribution is 2.26. The molecule has 0 aromatic heterocycles. The summed E-state index contributed by atoms with van der Waals surface area (Å²) in [4.78, 5) is 0. The number of benzene rings is 2. The fourth-order valence-electron chi connectivity index (χ4n) is 1.43.